The Morgan fingerprint density at radius 2 is 1.89 bits per heavy atom. The number of hydrogen-bond donors (Lipinski definition) is 1. The van der Waals surface area contributed by atoms with Crippen LogP contribution in [0.1, 0.15) is 63.4 Å². The fraction of sp³-hybridized carbons (Fsp3) is 0.556. The van der Waals surface area contributed by atoms with Gasteiger partial charge in [0.2, 0.25) is 5.78 Å². The van der Waals surface area contributed by atoms with Crippen molar-refractivity contribution in [3.63, 3.8) is 0 Å². The fourth-order valence-corrected chi connectivity index (χ4v) is 4.60. The van der Waals surface area contributed by atoms with Crippen LogP contribution in [-0.2, 0) is 16.7 Å². The monoisotopic (exact) mass is 511 g/mol. The van der Waals surface area contributed by atoms with Crippen LogP contribution in [0.4, 0.5) is 11.6 Å². The molecule has 3 aromatic rings. The molecule has 0 radical (unpaired) electrons. The number of aromatic nitrogens is 4. The Labute approximate surface area is 218 Å². The predicted octanol–water partition coefficient (Wildman–Crippen LogP) is 3.19. The molecule has 1 fully saturated rings. The fourth-order valence-electron chi connectivity index (χ4n) is 4.60. The summed E-state index contributed by atoms with van der Waals surface area (Å²) >= 11 is 0. The second-order valence-electron chi connectivity index (χ2n) is 10.4. The molecule has 10 nitrogen and oxygen atoms in total. The summed E-state index contributed by atoms with van der Waals surface area (Å²) in [4.78, 5) is 15.8. The Balaban J connectivity index is 1.68. The van der Waals surface area contributed by atoms with E-state index in [2.05, 4.69) is 49.7 Å². The average molecular weight is 512 g/mol. The number of morpholine rings is 1. The minimum Gasteiger partial charge on any atom is -0.494 e. The number of ketones is 1. The molecule has 10 heteroatoms. The van der Waals surface area contributed by atoms with E-state index in [9.17, 15) is 4.79 Å². The number of nitrogens with zero attached hydrogens (tertiary/aromatic N) is 5. The van der Waals surface area contributed by atoms with Gasteiger partial charge in [-0.3, -0.25) is 4.79 Å². The highest BCUT2D eigenvalue weighted by Gasteiger charge is 2.29. The molecule has 1 aromatic carbocycles. The maximum Gasteiger partial charge on any atom is 0.355 e. The molecule has 0 amide bonds. The lowest BCUT2D eigenvalue weighted by Gasteiger charge is -2.33. The van der Waals surface area contributed by atoms with Gasteiger partial charge >= 0.3 is 11.6 Å². The van der Waals surface area contributed by atoms with Crippen LogP contribution in [0.25, 0.3) is 5.65 Å². The van der Waals surface area contributed by atoms with Crippen molar-refractivity contribution in [3.05, 3.63) is 35.4 Å². The zero-order valence-corrected chi connectivity index (χ0v) is 22.8. The summed E-state index contributed by atoms with van der Waals surface area (Å²) in [5.41, 5.74) is 9.03. The molecule has 0 unspecified atom stereocenters. The lowest BCUT2D eigenvalue weighted by atomic mass is 9.84. The minimum absolute atomic E-state index is 0.0214. The second-order valence-corrected chi connectivity index (χ2v) is 10.4. The molecule has 1 aliphatic rings. The number of nitrogens with two attached hydrogens (primary N) is 1. The molecule has 2 N–H and O–H groups in total. The van der Waals surface area contributed by atoms with E-state index in [1.807, 2.05) is 18.2 Å². The number of carbonyl (C=O) groups excluding carboxylic acids is 1. The van der Waals surface area contributed by atoms with Gasteiger partial charge in [0.15, 0.2) is 6.54 Å². The summed E-state index contributed by atoms with van der Waals surface area (Å²) < 4.78 is 20.5. The summed E-state index contributed by atoms with van der Waals surface area (Å²) in [5, 5.41) is 8.90. The second kappa shape index (κ2) is 10.9. The van der Waals surface area contributed by atoms with E-state index in [4.69, 9.17) is 19.9 Å². The standard InChI is InChI=1S/C27H39N6O4/c1-7-19(8-2)37-23-9-10-24-32(30-26(28)33(24)29-23)17-22(34)18-15-20(27(3,4)5)25(35-6)21(16-18)31-11-13-36-14-12-31/h9-10,15-16,19H,7-8,11-14,17H2,1-6H3,(H2,28,30)/q+1. The van der Waals surface area contributed by atoms with Gasteiger partial charge in [-0.25, -0.2) is 0 Å². The molecular formula is C27H39N6O4+. The molecule has 0 spiro atoms. The molecule has 3 heterocycles. The summed E-state index contributed by atoms with van der Waals surface area (Å²) in [6, 6.07) is 7.48. The number of hydrogen-bond acceptors (Lipinski definition) is 8. The molecule has 2 aromatic heterocycles. The number of benzene rings is 1. The number of Topliss-reactive ketones (excluding diaryl/α,β-unsaturated/α-hetero) is 1. The van der Waals surface area contributed by atoms with Crippen molar-refractivity contribution in [1.82, 2.24) is 14.7 Å². The quantitative estimate of drug-likeness (QED) is 0.345. The van der Waals surface area contributed by atoms with Gasteiger partial charge in [0.05, 0.1) is 26.0 Å². The highest BCUT2D eigenvalue weighted by molar-refractivity contribution is 5.97. The number of rotatable bonds is 9. The van der Waals surface area contributed by atoms with Crippen molar-refractivity contribution in [2.24, 2.45) is 0 Å². The van der Waals surface area contributed by atoms with Crippen molar-refractivity contribution >= 4 is 23.1 Å². The van der Waals surface area contributed by atoms with Crippen LogP contribution in [0, 0.1) is 0 Å². The van der Waals surface area contributed by atoms with E-state index in [1.165, 1.54) is 4.52 Å². The summed E-state index contributed by atoms with van der Waals surface area (Å²) in [6.07, 6.45) is 1.85. The number of methoxy groups -OCH3 is 1. The molecule has 0 bridgehead atoms. The summed E-state index contributed by atoms with van der Waals surface area (Å²) in [7, 11) is 1.68. The summed E-state index contributed by atoms with van der Waals surface area (Å²) in [5.74, 6) is 1.38. The van der Waals surface area contributed by atoms with Gasteiger partial charge in [-0.1, -0.05) is 39.1 Å². The first-order valence-electron chi connectivity index (χ1n) is 13.0. The van der Waals surface area contributed by atoms with Crippen LogP contribution in [-0.4, -0.2) is 60.0 Å². The van der Waals surface area contributed by atoms with Crippen molar-refractivity contribution in [3.8, 4) is 11.6 Å². The molecule has 4 rings (SSSR count). The Morgan fingerprint density at radius 3 is 2.51 bits per heavy atom. The van der Waals surface area contributed by atoms with Crippen molar-refractivity contribution in [2.75, 3.05) is 44.0 Å². The van der Waals surface area contributed by atoms with E-state index in [0.717, 1.165) is 42.9 Å². The van der Waals surface area contributed by atoms with E-state index < -0.39 is 0 Å². The number of carbonyl (C=O) groups is 1. The number of fused-ring (bicyclic) bond motifs is 1. The van der Waals surface area contributed by atoms with Crippen molar-refractivity contribution in [2.45, 2.75) is 65.5 Å². The molecule has 37 heavy (non-hydrogen) atoms. The van der Waals surface area contributed by atoms with E-state index >= 15 is 0 Å². The smallest absolute Gasteiger partial charge is 0.355 e. The third kappa shape index (κ3) is 5.64. The summed E-state index contributed by atoms with van der Waals surface area (Å²) in [6.45, 7) is 13.3. The van der Waals surface area contributed by atoms with Gasteiger partial charge in [0.25, 0.3) is 5.88 Å². The molecule has 0 saturated carbocycles. The Hall–Kier alpha value is -3.40. The lowest BCUT2D eigenvalue weighted by Crippen LogP contribution is -2.41. The lowest BCUT2D eigenvalue weighted by molar-refractivity contribution is -0.714. The highest BCUT2D eigenvalue weighted by atomic mass is 16.5. The van der Waals surface area contributed by atoms with Crippen LogP contribution in [0.15, 0.2) is 24.3 Å². The third-order valence-corrected chi connectivity index (χ3v) is 6.74. The Bertz CT molecular complexity index is 1260. The molecule has 0 atom stereocenters. The number of nitrogen functional groups attached to an aromatic ring is 1. The van der Waals surface area contributed by atoms with E-state index in [0.29, 0.717) is 30.3 Å². The van der Waals surface area contributed by atoms with Gasteiger partial charge < -0.3 is 24.8 Å². The van der Waals surface area contributed by atoms with Crippen LogP contribution in [0.5, 0.6) is 11.6 Å². The van der Waals surface area contributed by atoms with Crippen molar-refractivity contribution in [1.29, 1.82) is 0 Å². The van der Waals surface area contributed by atoms with Gasteiger partial charge in [-0.15, -0.1) is 4.68 Å². The molecule has 1 saturated heterocycles. The first-order valence-corrected chi connectivity index (χ1v) is 13.0. The molecule has 1 aliphatic heterocycles. The SMILES string of the molecule is CCC(CC)Oc1ccc2n(n1)c(N)n[n+]2CC(=O)c1cc(N2CCOCC2)c(OC)c(C(C)(C)C)c1. The van der Waals surface area contributed by atoms with Gasteiger partial charge in [0, 0.05) is 36.3 Å². The minimum atomic E-state index is -0.226. The zero-order chi connectivity index (χ0) is 26.7. The number of anilines is 2. The van der Waals surface area contributed by atoms with Crippen LogP contribution in [0.2, 0.25) is 0 Å². The topological polar surface area (TPSA) is 108 Å². The zero-order valence-electron chi connectivity index (χ0n) is 22.8. The first kappa shape index (κ1) is 26.7. The van der Waals surface area contributed by atoms with Crippen LogP contribution < -0.4 is 24.8 Å². The average Bonchev–Trinajstić information content (AvgIpc) is 3.20. The van der Waals surface area contributed by atoms with E-state index in [1.54, 1.807) is 17.9 Å². The Kier molecular flexibility index (Phi) is 7.87. The van der Waals surface area contributed by atoms with Gasteiger partial charge in [0.1, 0.15) is 11.9 Å². The van der Waals surface area contributed by atoms with Crippen LogP contribution >= 0.6 is 0 Å². The maximum atomic E-state index is 13.6. The van der Waals surface area contributed by atoms with Crippen molar-refractivity contribution < 1.29 is 23.7 Å². The van der Waals surface area contributed by atoms with E-state index in [-0.39, 0.29) is 29.8 Å². The Morgan fingerprint density at radius 1 is 1.19 bits per heavy atom. The maximum absolute atomic E-state index is 13.6. The predicted molar refractivity (Wildman–Crippen MR) is 142 cm³/mol. The van der Waals surface area contributed by atoms with Crippen LogP contribution in [0.3, 0.4) is 0 Å². The van der Waals surface area contributed by atoms with Gasteiger partial charge in [-0.05, 0) is 40.6 Å². The third-order valence-electron chi connectivity index (χ3n) is 6.74. The number of ether oxygens (including phenoxy) is 3. The molecule has 200 valence electrons. The molecule has 0 aliphatic carbocycles. The van der Waals surface area contributed by atoms with Gasteiger partial charge in [-0.2, -0.15) is 0 Å². The largest absolute Gasteiger partial charge is 0.494 e. The normalized spacial score (nSPS) is 14.4. The first-order chi connectivity index (χ1) is 17.7. The highest BCUT2D eigenvalue weighted by Crippen LogP contribution is 2.40. The molecular weight excluding hydrogens is 472 g/mol.